The molecule has 2 heterocycles. The van der Waals surface area contributed by atoms with Gasteiger partial charge in [-0.25, -0.2) is 4.99 Å². The van der Waals surface area contributed by atoms with Crippen molar-refractivity contribution < 1.29 is 4.74 Å². The molecule has 0 fully saturated rings. The van der Waals surface area contributed by atoms with Crippen molar-refractivity contribution in [2.24, 2.45) is 4.99 Å². The Kier molecular flexibility index (Phi) is 4.88. The predicted octanol–water partition coefficient (Wildman–Crippen LogP) is 3.74. The fourth-order valence-corrected chi connectivity index (χ4v) is 3.10. The Bertz CT molecular complexity index is 645. The van der Waals surface area contributed by atoms with Gasteiger partial charge in [-0.3, -0.25) is 0 Å². The van der Waals surface area contributed by atoms with Crippen LogP contribution in [-0.4, -0.2) is 35.1 Å². The summed E-state index contributed by atoms with van der Waals surface area (Å²) in [5, 5.41) is 0. The number of hydrogen-bond donors (Lipinski definition) is 0. The van der Waals surface area contributed by atoms with E-state index >= 15 is 0 Å². The van der Waals surface area contributed by atoms with E-state index in [4.69, 9.17) is 9.73 Å². The summed E-state index contributed by atoms with van der Waals surface area (Å²) < 4.78 is 8.03. The number of thioether (sulfide) groups is 1. The van der Waals surface area contributed by atoms with Crippen LogP contribution in [0, 0.1) is 6.92 Å². The molecule has 0 unspecified atom stereocenters. The van der Waals surface area contributed by atoms with Gasteiger partial charge in [-0.2, -0.15) is 11.8 Å². The summed E-state index contributed by atoms with van der Waals surface area (Å²) in [7, 11) is 0. The van der Waals surface area contributed by atoms with Crippen molar-refractivity contribution in [2.45, 2.75) is 25.9 Å². The van der Waals surface area contributed by atoms with Gasteiger partial charge in [0, 0.05) is 12.7 Å². The van der Waals surface area contributed by atoms with E-state index in [9.17, 15) is 0 Å². The molecule has 2 aromatic rings. The van der Waals surface area contributed by atoms with E-state index in [1.807, 2.05) is 11.8 Å². The molecule has 0 spiro atoms. The molecular formula is C18H22N2OS. The molecule has 0 saturated heterocycles. The van der Waals surface area contributed by atoms with Crippen molar-refractivity contribution in [3.63, 3.8) is 0 Å². The predicted molar refractivity (Wildman–Crippen MR) is 94.0 cm³/mol. The molecule has 1 aromatic carbocycles. The Morgan fingerprint density at radius 1 is 1.27 bits per heavy atom. The standard InChI is InChI=1S/C18H22N2OS/c1-14-5-7-15(8-6-14)12-20-10-3-4-17(20)18-19-16(13-21-18)9-11-22-2/h3-8,10,16H,9,11-13H2,1-2H3/t16-/m1/s1. The highest BCUT2D eigenvalue weighted by Crippen LogP contribution is 2.17. The van der Waals surface area contributed by atoms with Crippen LogP contribution in [0.4, 0.5) is 0 Å². The molecule has 1 atom stereocenters. The van der Waals surface area contributed by atoms with E-state index in [0.29, 0.717) is 12.6 Å². The summed E-state index contributed by atoms with van der Waals surface area (Å²) in [6.45, 7) is 3.67. The molecule has 0 N–H and O–H groups in total. The number of aryl methyl sites for hydroxylation is 1. The number of nitrogens with zero attached hydrogens (tertiary/aromatic N) is 2. The highest BCUT2D eigenvalue weighted by Gasteiger charge is 2.21. The molecule has 0 bridgehead atoms. The summed E-state index contributed by atoms with van der Waals surface area (Å²) in [6, 6.07) is 13.1. The van der Waals surface area contributed by atoms with Gasteiger partial charge in [0.05, 0.1) is 6.04 Å². The normalized spacial score (nSPS) is 17.4. The third-order valence-corrected chi connectivity index (χ3v) is 4.53. The van der Waals surface area contributed by atoms with Crippen LogP contribution >= 0.6 is 11.8 Å². The van der Waals surface area contributed by atoms with E-state index < -0.39 is 0 Å². The summed E-state index contributed by atoms with van der Waals surface area (Å²) in [5.41, 5.74) is 3.66. The van der Waals surface area contributed by atoms with Crippen LogP contribution in [0.5, 0.6) is 0 Å². The number of rotatable bonds is 6. The first-order valence-corrected chi connectivity index (χ1v) is 9.06. The van der Waals surface area contributed by atoms with Crippen LogP contribution in [0.1, 0.15) is 23.2 Å². The van der Waals surface area contributed by atoms with Crippen molar-refractivity contribution >= 4 is 17.7 Å². The third kappa shape index (κ3) is 3.55. The van der Waals surface area contributed by atoms with Crippen molar-refractivity contribution in [3.8, 4) is 0 Å². The average Bonchev–Trinajstić information content (AvgIpc) is 3.16. The minimum atomic E-state index is 0.310. The topological polar surface area (TPSA) is 26.5 Å². The van der Waals surface area contributed by atoms with E-state index in [2.05, 4.69) is 60.3 Å². The number of aliphatic imine (C=N–C) groups is 1. The second-order valence-electron chi connectivity index (χ2n) is 5.69. The number of ether oxygens (including phenoxy) is 1. The fraction of sp³-hybridized carbons (Fsp3) is 0.389. The van der Waals surface area contributed by atoms with Crippen molar-refractivity contribution in [1.82, 2.24) is 4.57 Å². The zero-order chi connectivity index (χ0) is 15.4. The van der Waals surface area contributed by atoms with Gasteiger partial charge in [0.15, 0.2) is 0 Å². The van der Waals surface area contributed by atoms with Crippen LogP contribution in [0.25, 0.3) is 0 Å². The largest absolute Gasteiger partial charge is 0.474 e. The first kappa shape index (κ1) is 15.2. The number of benzene rings is 1. The zero-order valence-corrected chi connectivity index (χ0v) is 14.0. The second kappa shape index (κ2) is 7.05. The van der Waals surface area contributed by atoms with Crippen molar-refractivity contribution in [2.75, 3.05) is 18.6 Å². The molecule has 3 rings (SSSR count). The Labute approximate surface area is 136 Å². The zero-order valence-electron chi connectivity index (χ0n) is 13.2. The van der Waals surface area contributed by atoms with E-state index in [1.54, 1.807) is 0 Å². The molecular weight excluding hydrogens is 292 g/mol. The van der Waals surface area contributed by atoms with Gasteiger partial charge in [-0.05, 0) is 43.0 Å². The van der Waals surface area contributed by atoms with E-state index in [-0.39, 0.29) is 0 Å². The molecule has 116 valence electrons. The molecule has 1 aliphatic rings. The number of aromatic nitrogens is 1. The molecule has 22 heavy (non-hydrogen) atoms. The Morgan fingerprint density at radius 2 is 2.09 bits per heavy atom. The average molecular weight is 314 g/mol. The van der Waals surface area contributed by atoms with Gasteiger partial charge in [0.25, 0.3) is 0 Å². The van der Waals surface area contributed by atoms with Crippen molar-refractivity contribution in [3.05, 3.63) is 59.4 Å². The smallest absolute Gasteiger partial charge is 0.233 e. The van der Waals surface area contributed by atoms with Crippen LogP contribution in [0.2, 0.25) is 0 Å². The third-order valence-electron chi connectivity index (χ3n) is 3.89. The lowest BCUT2D eigenvalue weighted by Crippen LogP contribution is -2.10. The molecule has 1 aliphatic heterocycles. The van der Waals surface area contributed by atoms with E-state index in [1.165, 1.54) is 11.1 Å². The van der Waals surface area contributed by atoms with Gasteiger partial charge in [0.1, 0.15) is 12.3 Å². The quantitative estimate of drug-likeness (QED) is 0.812. The van der Waals surface area contributed by atoms with Crippen LogP contribution < -0.4 is 0 Å². The number of hydrogen-bond acceptors (Lipinski definition) is 3. The first-order chi connectivity index (χ1) is 10.8. The maximum Gasteiger partial charge on any atom is 0.233 e. The summed E-state index contributed by atoms with van der Waals surface area (Å²) in [5.74, 6) is 1.93. The first-order valence-electron chi connectivity index (χ1n) is 7.67. The molecule has 0 saturated carbocycles. The minimum Gasteiger partial charge on any atom is -0.474 e. The lowest BCUT2D eigenvalue weighted by atomic mass is 10.1. The SMILES string of the molecule is CSCC[C@@H]1COC(c2cccn2Cc2ccc(C)cc2)=N1. The maximum absolute atomic E-state index is 5.82. The molecule has 0 amide bonds. The van der Waals surface area contributed by atoms with Gasteiger partial charge in [0.2, 0.25) is 5.90 Å². The van der Waals surface area contributed by atoms with Crippen LogP contribution in [0.3, 0.4) is 0 Å². The monoisotopic (exact) mass is 314 g/mol. The van der Waals surface area contributed by atoms with Crippen LogP contribution in [-0.2, 0) is 11.3 Å². The molecule has 3 nitrogen and oxygen atoms in total. The Balaban J connectivity index is 1.73. The maximum atomic E-state index is 5.82. The minimum absolute atomic E-state index is 0.310. The van der Waals surface area contributed by atoms with Gasteiger partial charge < -0.3 is 9.30 Å². The Hall–Kier alpha value is -1.68. The molecule has 0 aliphatic carbocycles. The Morgan fingerprint density at radius 3 is 2.86 bits per heavy atom. The second-order valence-corrected chi connectivity index (χ2v) is 6.67. The van der Waals surface area contributed by atoms with Gasteiger partial charge >= 0.3 is 0 Å². The van der Waals surface area contributed by atoms with E-state index in [0.717, 1.165) is 30.3 Å². The van der Waals surface area contributed by atoms with Crippen LogP contribution in [0.15, 0.2) is 47.6 Å². The van der Waals surface area contributed by atoms with Gasteiger partial charge in [-0.1, -0.05) is 29.8 Å². The lowest BCUT2D eigenvalue weighted by Gasteiger charge is -2.09. The molecule has 1 aromatic heterocycles. The van der Waals surface area contributed by atoms with Gasteiger partial charge in [-0.15, -0.1) is 0 Å². The highest BCUT2D eigenvalue weighted by molar-refractivity contribution is 7.98. The summed E-state index contributed by atoms with van der Waals surface area (Å²) in [6.07, 6.45) is 5.31. The molecule has 4 heteroatoms. The lowest BCUT2D eigenvalue weighted by molar-refractivity contribution is 0.314. The summed E-state index contributed by atoms with van der Waals surface area (Å²) >= 11 is 1.86. The highest BCUT2D eigenvalue weighted by atomic mass is 32.2. The fourth-order valence-electron chi connectivity index (χ4n) is 2.59. The molecule has 0 radical (unpaired) electrons. The van der Waals surface area contributed by atoms with Crippen molar-refractivity contribution in [1.29, 1.82) is 0 Å². The summed E-state index contributed by atoms with van der Waals surface area (Å²) in [4.78, 5) is 4.74.